The summed E-state index contributed by atoms with van der Waals surface area (Å²) < 4.78 is 1.40. The zero-order chi connectivity index (χ0) is 16.2. The molecule has 1 fully saturated rings. The molecule has 1 heteroatoms. The van der Waals surface area contributed by atoms with Crippen molar-refractivity contribution in [2.45, 2.75) is 58.8 Å². The molecule has 122 valence electrons. The molecule has 0 saturated heterocycles. The van der Waals surface area contributed by atoms with E-state index in [9.17, 15) is 0 Å². The van der Waals surface area contributed by atoms with Crippen LogP contribution in [0.3, 0.4) is 0 Å². The Morgan fingerprint density at radius 2 is 1.96 bits per heavy atom. The van der Waals surface area contributed by atoms with Gasteiger partial charge in [0, 0.05) is 15.2 Å². The van der Waals surface area contributed by atoms with E-state index >= 15 is 0 Å². The first-order valence-electron chi connectivity index (χ1n) is 9.12. The van der Waals surface area contributed by atoms with Gasteiger partial charge < -0.3 is 0 Å². The van der Waals surface area contributed by atoms with E-state index < -0.39 is 0 Å². The van der Waals surface area contributed by atoms with Crippen LogP contribution in [0.25, 0.3) is 15.7 Å². The van der Waals surface area contributed by atoms with Crippen molar-refractivity contribution in [3.8, 4) is 0 Å². The summed E-state index contributed by atoms with van der Waals surface area (Å²) in [6.07, 6.45) is 9.20. The zero-order valence-electron chi connectivity index (χ0n) is 14.5. The lowest BCUT2D eigenvalue weighted by Gasteiger charge is -2.26. The van der Waals surface area contributed by atoms with Crippen molar-refractivity contribution in [1.29, 1.82) is 0 Å². The molecule has 0 aliphatic heterocycles. The topological polar surface area (TPSA) is 0 Å². The van der Waals surface area contributed by atoms with Crippen molar-refractivity contribution in [1.82, 2.24) is 0 Å². The molecule has 1 aliphatic rings. The summed E-state index contributed by atoms with van der Waals surface area (Å²) in [5, 5.41) is 1.43. The number of aryl methyl sites for hydroxylation is 1. The minimum Gasteiger partial charge on any atom is -0.135 e. The van der Waals surface area contributed by atoms with Crippen LogP contribution in [0.5, 0.6) is 0 Å². The highest BCUT2D eigenvalue weighted by atomic mass is 32.1. The van der Waals surface area contributed by atoms with Gasteiger partial charge in [-0.3, -0.25) is 0 Å². The lowest BCUT2D eigenvalue weighted by atomic mass is 9.80. The van der Waals surface area contributed by atoms with Gasteiger partial charge in [-0.2, -0.15) is 0 Å². The van der Waals surface area contributed by atoms with E-state index in [-0.39, 0.29) is 0 Å². The van der Waals surface area contributed by atoms with Crippen molar-refractivity contribution in [3.63, 3.8) is 0 Å². The third kappa shape index (κ3) is 3.62. The van der Waals surface area contributed by atoms with Gasteiger partial charge in [-0.15, -0.1) is 17.1 Å². The van der Waals surface area contributed by atoms with E-state index in [1.54, 1.807) is 0 Å². The van der Waals surface area contributed by atoms with Gasteiger partial charge in [0.05, 0.1) is 0 Å². The van der Waals surface area contributed by atoms with E-state index in [1.165, 1.54) is 58.2 Å². The Bertz CT molecular complexity index is 707. The minimum atomic E-state index is 0.911. The Balaban J connectivity index is 1.77. The van der Waals surface area contributed by atoms with E-state index in [2.05, 4.69) is 50.4 Å². The van der Waals surface area contributed by atoms with Gasteiger partial charge in [-0.05, 0) is 48.1 Å². The number of hydrogen-bond donors (Lipinski definition) is 0. The predicted molar refractivity (Wildman–Crippen MR) is 104 cm³/mol. The van der Waals surface area contributed by atoms with E-state index in [1.807, 2.05) is 11.3 Å². The molecule has 0 amide bonds. The summed E-state index contributed by atoms with van der Waals surface area (Å²) in [6.45, 7) is 8.67. The SMILES string of the molecule is C=C=C(CCC1CCC(C)CC1)c1sc2ccccc2c1CC. The highest BCUT2D eigenvalue weighted by Crippen LogP contribution is 2.39. The van der Waals surface area contributed by atoms with Crippen LogP contribution >= 0.6 is 11.3 Å². The molecular weight excluding hydrogens is 296 g/mol. The molecule has 1 saturated carbocycles. The molecule has 1 aromatic carbocycles. The second-order valence-corrected chi connectivity index (χ2v) is 8.13. The first-order valence-corrected chi connectivity index (χ1v) is 9.94. The number of hydrogen-bond acceptors (Lipinski definition) is 1. The van der Waals surface area contributed by atoms with Crippen molar-refractivity contribution in [3.05, 3.63) is 47.0 Å². The van der Waals surface area contributed by atoms with Crippen molar-refractivity contribution in [2.24, 2.45) is 11.8 Å². The maximum Gasteiger partial charge on any atom is 0.0423 e. The number of allylic oxidation sites excluding steroid dienone is 1. The van der Waals surface area contributed by atoms with Crippen LogP contribution in [-0.4, -0.2) is 0 Å². The number of fused-ring (bicyclic) bond motifs is 1. The van der Waals surface area contributed by atoms with Gasteiger partial charge >= 0.3 is 0 Å². The smallest absolute Gasteiger partial charge is 0.0423 e. The van der Waals surface area contributed by atoms with Crippen molar-refractivity contribution < 1.29 is 0 Å². The molecule has 0 atom stereocenters. The second kappa shape index (κ2) is 7.51. The van der Waals surface area contributed by atoms with Crippen LogP contribution in [0.15, 0.2) is 36.6 Å². The molecule has 1 aliphatic carbocycles. The fraction of sp³-hybridized carbons (Fsp3) is 0.500. The lowest BCUT2D eigenvalue weighted by Crippen LogP contribution is -2.12. The molecular formula is C22H28S. The average Bonchev–Trinajstić information content (AvgIpc) is 2.95. The van der Waals surface area contributed by atoms with Gasteiger partial charge in [0.1, 0.15) is 0 Å². The molecule has 0 N–H and O–H groups in total. The van der Waals surface area contributed by atoms with Crippen LogP contribution in [-0.2, 0) is 6.42 Å². The van der Waals surface area contributed by atoms with Gasteiger partial charge in [0.15, 0.2) is 0 Å². The molecule has 0 nitrogen and oxygen atoms in total. The number of thiophene rings is 1. The monoisotopic (exact) mass is 324 g/mol. The van der Waals surface area contributed by atoms with Gasteiger partial charge in [-0.25, -0.2) is 0 Å². The molecule has 2 aromatic rings. The molecule has 3 rings (SSSR count). The maximum absolute atomic E-state index is 4.00. The molecule has 1 aromatic heterocycles. The van der Waals surface area contributed by atoms with Crippen LogP contribution in [0.4, 0.5) is 0 Å². The summed E-state index contributed by atoms with van der Waals surface area (Å²) >= 11 is 1.93. The van der Waals surface area contributed by atoms with Crippen LogP contribution in [0, 0.1) is 11.8 Å². The summed E-state index contributed by atoms with van der Waals surface area (Å²) in [5.74, 6) is 1.85. The standard InChI is InChI=1S/C22H28S/c1-4-18(15-14-17-12-10-16(3)11-13-17)22-19(5-2)20-8-6-7-9-21(20)23-22/h6-9,16-17H,1,5,10-15H2,2-3H3. The third-order valence-corrected chi connectivity index (χ3v) is 6.75. The molecule has 23 heavy (non-hydrogen) atoms. The normalized spacial score (nSPS) is 21.3. The Kier molecular flexibility index (Phi) is 5.41. The average molecular weight is 325 g/mol. The Hall–Kier alpha value is -1.30. The van der Waals surface area contributed by atoms with E-state index in [0.29, 0.717) is 0 Å². The predicted octanol–water partition coefficient (Wildman–Crippen LogP) is 7.24. The summed E-state index contributed by atoms with van der Waals surface area (Å²) in [4.78, 5) is 1.44. The first-order chi connectivity index (χ1) is 11.2. The number of benzene rings is 1. The van der Waals surface area contributed by atoms with E-state index in [0.717, 1.165) is 24.7 Å². The van der Waals surface area contributed by atoms with E-state index in [4.69, 9.17) is 0 Å². The Labute approximate surface area is 144 Å². The van der Waals surface area contributed by atoms with Crippen LogP contribution in [0.2, 0.25) is 0 Å². The highest BCUT2D eigenvalue weighted by molar-refractivity contribution is 7.20. The zero-order valence-corrected chi connectivity index (χ0v) is 15.3. The number of rotatable bonds is 5. The van der Waals surface area contributed by atoms with Crippen LogP contribution < -0.4 is 0 Å². The summed E-state index contributed by atoms with van der Waals surface area (Å²) in [6, 6.07) is 8.80. The largest absolute Gasteiger partial charge is 0.135 e. The summed E-state index contributed by atoms with van der Waals surface area (Å²) in [7, 11) is 0. The quantitative estimate of drug-likeness (QED) is 0.508. The molecule has 0 spiro atoms. The van der Waals surface area contributed by atoms with Gasteiger partial charge in [0.25, 0.3) is 0 Å². The van der Waals surface area contributed by atoms with Crippen molar-refractivity contribution in [2.75, 3.05) is 0 Å². The molecule has 1 heterocycles. The fourth-order valence-electron chi connectivity index (χ4n) is 3.94. The second-order valence-electron chi connectivity index (χ2n) is 7.08. The highest BCUT2D eigenvalue weighted by Gasteiger charge is 2.20. The Morgan fingerprint density at radius 1 is 1.22 bits per heavy atom. The molecule has 0 radical (unpaired) electrons. The van der Waals surface area contributed by atoms with Gasteiger partial charge in [0.2, 0.25) is 0 Å². The third-order valence-electron chi connectivity index (χ3n) is 5.48. The Morgan fingerprint density at radius 3 is 2.65 bits per heavy atom. The molecule has 0 bridgehead atoms. The lowest BCUT2D eigenvalue weighted by molar-refractivity contribution is 0.279. The first kappa shape index (κ1) is 16.6. The molecule has 0 unspecified atom stereocenters. The van der Waals surface area contributed by atoms with Crippen LogP contribution in [0.1, 0.15) is 62.8 Å². The fourth-order valence-corrected chi connectivity index (χ4v) is 5.28. The summed E-state index contributed by atoms with van der Waals surface area (Å²) in [5.41, 5.74) is 6.12. The minimum absolute atomic E-state index is 0.911. The van der Waals surface area contributed by atoms with Crippen molar-refractivity contribution >= 4 is 27.0 Å². The van der Waals surface area contributed by atoms with Gasteiger partial charge in [-0.1, -0.05) is 64.3 Å². The maximum atomic E-state index is 4.00.